The fourth-order valence-electron chi connectivity index (χ4n) is 2.28. The standard InChI is InChI=1S/C13H17NO/c1-2-9-14-10-5-3-4-7-12(14)13-8-6-11-15-13/h1,6,8,11-12H,3-5,7,9-10H2. The van der Waals surface area contributed by atoms with Crippen LogP contribution < -0.4 is 0 Å². The lowest BCUT2D eigenvalue weighted by Gasteiger charge is -2.26. The Morgan fingerprint density at radius 2 is 2.40 bits per heavy atom. The highest BCUT2D eigenvalue weighted by molar-refractivity contribution is 5.06. The summed E-state index contributed by atoms with van der Waals surface area (Å²) >= 11 is 0. The molecule has 0 bridgehead atoms. The second-order valence-electron chi connectivity index (χ2n) is 4.06. The Labute approximate surface area is 91.3 Å². The summed E-state index contributed by atoms with van der Waals surface area (Å²) in [5, 5.41) is 0. The van der Waals surface area contributed by atoms with Crippen molar-refractivity contribution in [2.45, 2.75) is 31.7 Å². The van der Waals surface area contributed by atoms with Gasteiger partial charge in [-0.3, -0.25) is 4.90 Å². The average molecular weight is 203 g/mol. The van der Waals surface area contributed by atoms with Crippen molar-refractivity contribution < 1.29 is 4.42 Å². The fraction of sp³-hybridized carbons (Fsp3) is 0.538. The van der Waals surface area contributed by atoms with Gasteiger partial charge in [-0.25, -0.2) is 0 Å². The molecule has 0 amide bonds. The minimum Gasteiger partial charge on any atom is -0.468 e. The lowest BCUT2D eigenvalue weighted by molar-refractivity contribution is 0.200. The quantitative estimate of drug-likeness (QED) is 0.687. The van der Waals surface area contributed by atoms with Gasteiger partial charge in [0, 0.05) is 0 Å². The monoisotopic (exact) mass is 203 g/mol. The molecule has 2 rings (SSSR count). The van der Waals surface area contributed by atoms with Gasteiger partial charge >= 0.3 is 0 Å². The molecule has 2 heterocycles. The summed E-state index contributed by atoms with van der Waals surface area (Å²) in [5.74, 6) is 3.80. The van der Waals surface area contributed by atoms with E-state index in [0.29, 0.717) is 6.04 Å². The van der Waals surface area contributed by atoms with Crippen LogP contribution >= 0.6 is 0 Å². The molecule has 1 atom stereocenters. The number of likely N-dealkylation sites (tertiary alicyclic amines) is 1. The third-order valence-corrected chi connectivity index (χ3v) is 3.03. The van der Waals surface area contributed by atoms with Crippen molar-refractivity contribution in [3.63, 3.8) is 0 Å². The van der Waals surface area contributed by atoms with E-state index in [0.717, 1.165) is 25.3 Å². The third kappa shape index (κ3) is 2.43. The normalized spacial score (nSPS) is 23.3. The Kier molecular flexibility index (Phi) is 3.47. The van der Waals surface area contributed by atoms with Crippen molar-refractivity contribution in [3.8, 4) is 12.3 Å². The van der Waals surface area contributed by atoms with Gasteiger partial charge in [-0.1, -0.05) is 18.8 Å². The van der Waals surface area contributed by atoms with Crippen LogP contribution in [-0.4, -0.2) is 18.0 Å². The number of nitrogens with zero attached hydrogens (tertiary/aromatic N) is 1. The molecule has 0 radical (unpaired) electrons. The van der Waals surface area contributed by atoms with Crippen LogP contribution in [0.25, 0.3) is 0 Å². The molecule has 1 aliphatic rings. The van der Waals surface area contributed by atoms with Crippen LogP contribution in [0.4, 0.5) is 0 Å². The SMILES string of the molecule is C#CCN1CCCCCC1c1ccco1. The van der Waals surface area contributed by atoms with Gasteiger partial charge in [-0.2, -0.15) is 0 Å². The molecule has 0 N–H and O–H groups in total. The third-order valence-electron chi connectivity index (χ3n) is 3.03. The van der Waals surface area contributed by atoms with Crippen molar-refractivity contribution in [2.24, 2.45) is 0 Å². The molecule has 0 aromatic carbocycles. The van der Waals surface area contributed by atoms with E-state index >= 15 is 0 Å². The van der Waals surface area contributed by atoms with Gasteiger partial charge in [0.25, 0.3) is 0 Å². The average Bonchev–Trinajstić information content (AvgIpc) is 2.67. The smallest absolute Gasteiger partial charge is 0.120 e. The molecule has 1 saturated heterocycles. The maximum atomic E-state index is 5.49. The van der Waals surface area contributed by atoms with Gasteiger partial charge in [-0.05, 0) is 31.5 Å². The number of hydrogen-bond acceptors (Lipinski definition) is 2. The lowest BCUT2D eigenvalue weighted by Crippen LogP contribution is -2.28. The second-order valence-corrected chi connectivity index (χ2v) is 4.06. The highest BCUT2D eigenvalue weighted by atomic mass is 16.3. The van der Waals surface area contributed by atoms with E-state index in [4.69, 9.17) is 10.8 Å². The Morgan fingerprint density at radius 3 is 3.13 bits per heavy atom. The molecule has 1 fully saturated rings. The summed E-state index contributed by atoms with van der Waals surface area (Å²) in [6.45, 7) is 1.82. The predicted molar refractivity (Wildman–Crippen MR) is 60.3 cm³/mol. The summed E-state index contributed by atoms with van der Waals surface area (Å²) in [6.07, 6.45) is 12.1. The van der Waals surface area contributed by atoms with Crippen LogP contribution in [0.3, 0.4) is 0 Å². The van der Waals surface area contributed by atoms with E-state index in [2.05, 4.69) is 16.9 Å². The Hall–Kier alpha value is -1.20. The molecule has 1 aromatic heterocycles. The van der Waals surface area contributed by atoms with Gasteiger partial charge in [0.1, 0.15) is 5.76 Å². The first-order valence-corrected chi connectivity index (χ1v) is 5.62. The molecular weight excluding hydrogens is 186 g/mol. The van der Waals surface area contributed by atoms with E-state index in [1.807, 2.05) is 6.07 Å². The maximum Gasteiger partial charge on any atom is 0.120 e. The number of terminal acetylenes is 1. The van der Waals surface area contributed by atoms with Crippen LogP contribution in [-0.2, 0) is 0 Å². The molecule has 0 spiro atoms. The van der Waals surface area contributed by atoms with Crippen LogP contribution in [0.15, 0.2) is 22.8 Å². The van der Waals surface area contributed by atoms with Gasteiger partial charge < -0.3 is 4.42 Å². The van der Waals surface area contributed by atoms with E-state index in [1.165, 1.54) is 19.3 Å². The van der Waals surface area contributed by atoms with Crippen molar-refractivity contribution in [2.75, 3.05) is 13.1 Å². The number of hydrogen-bond donors (Lipinski definition) is 0. The van der Waals surface area contributed by atoms with Gasteiger partial charge in [-0.15, -0.1) is 6.42 Å². The highest BCUT2D eigenvalue weighted by Crippen LogP contribution is 2.29. The summed E-state index contributed by atoms with van der Waals surface area (Å²) in [4.78, 5) is 2.35. The number of rotatable bonds is 2. The Balaban J connectivity index is 2.14. The largest absolute Gasteiger partial charge is 0.468 e. The minimum absolute atomic E-state index is 0.388. The van der Waals surface area contributed by atoms with Gasteiger partial charge in [0.15, 0.2) is 0 Å². The van der Waals surface area contributed by atoms with Gasteiger partial charge in [0.2, 0.25) is 0 Å². The molecule has 2 heteroatoms. The van der Waals surface area contributed by atoms with E-state index in [9.17, 15) is 0 Å². The summed E-state index contributed by atoms with van der Waals surface area (Å²) in [5.41, 5.74) is 0. The van der Waals surface area contributed by atoms with E-state index in [1.54, 1.807) is 6.26 Å². The molecule has 0 saturated carbocycles. The van der Waals surface area contributed by atoms with Crippen LogP contribution in [0, 0.1) is 12.3 Å². The van der Waals surface area contributed by atoms with Crippen LogP contribution in [0.5, 0.6) is 0 Å². The summed E-state index contributed by atoms with van der Waals surface area (Å²) in [7, 11) is 0. The fourth-order valence-corrected chi connectivity index (χ4v) is 2.28. The van der Waals surface area contributed by atoms with Crippen LogP contribution in [0.1, 0.15) is 37.5 Å². The lowest BCUT2D eigenvalue weighted by atomic mass is 10.1. The number of furan rings is 1. The zero-order valence-electron chi connectivity index (χ0n) is 8.98. The molecule has 15 heavy (non-hydrogen) atoms. The first-order valence-electron chi connectivity index (χ1n) is 5.62. The predicted octanol–water partition coefficient (Wildman–Crippen LogP) is 2.83. The zero-order chi connectivity index (χ0) is 10.5. The second kappa shape index (κ2) is 5.04. The zero-order valence-corrected chi connectivity index (χ0v) is 8.98. The first kappa shape index (κ1) is 10.3. The maximum absolute atomic E-state index is 5.49. The molecule has 1 unspecified atom stereocenters. The van der Waals surface area contributed by atoms with Crippen molar-refractivity contribution >= 4 is 0 Å². The first-order chi connectivity index (χ1) is 7.42. The van der Waals surface area contributed by atoms with Crippen LogP contribution in [0.2, 0.25) is 0 Å². The molecule has 80 valence electrons. The topological polar surface area (TPSA) is 16.4 Å². The molecular formula is C13H17NO. The molecule has 1 aliphatic heterocycles. The van der Waals surface area contributed by atoms with Crippen molar-refractivity contribution in [1.82, 2.24) is 4.90 Å². The minimum atomic E-state index is 0.388. The molecule has 0 aliphatic carbocycles. The van der Waals surface area contributed by atoms with Gasteiger partial charge in [0.05, 0.1) is 18.8 Å². The van der Waals surface area contributed by atoms with Crippen molar-refractivity contribution in [3.05, 3.63) is 24.2 Å². The molecule has 1 aromatic rings. The van der Waals surface area contributed by atoms with E-state index < -0.39 is 0 Å². The Bertz CT molecular complexity index is 323. The molecule has 2 nitrogen and oxygen atoms in total. The van der Waals surface area contributed by atoms with E-state index in [-0.39, 0.29) is 0 Å². The Morgan fingerprint density at radius 1 is 1.47 bits per heavy atom. The summed E-state index contributed by atoms with van der Waals surface area (Å²) < 4.78 is 5.49. The highest BCUT2D eigenvalue weighted by Gasteiger charge is 2.23. The summed E-state index contributed by atoms with van der Waals surface area (Å²) in [6, 6.07) is 4.40. The van der Waals surface area contributed by atoms with Crippen molar-refractivity contribution in [1.29, 1.82) is 0 Å².